The average Bonchev–Trinajstić information content (AvgIpc) is 4.38. The number of aromatic nitrogens is 2. The maximum Gasteiger partial charge on any atom is 0.427 e. The fourth-order valence-electron chi connectivity index (χ4n) is 13.9. The summed E-state index contributed by atoms with van der Waals surface area (Å²) in [6.45, 7) is 26.4. The molecule has 374 valence electrons. The molecule has 0 saturated heterocycles. The SMILES string of the molecule is Cc1cc(C)c(B(c2cnc(/C(OB3c4ccccc4-c4ccccc43)=C(\B3c4ccccc4-c4ccccc43)c3ncc(B(c4c(C)cc(C)cc4C)c4c(C)cc(C)cc4C)s3)s2)c2c(C)cc(C)cc2C)c(C)c1. The maximum atomic E-state index is 8.08. The summed E-state index contributed by atoms with van der Waals surface area (Å²) in [5.41, 5.74) is 31.5. The van der Waals surface area contributed by atoms with Gasteiger partial charge in [0, 0.05) is 27.4 Å². The smallest absolute Gasteiger partial charge is 0.427 e. The van der Waals surface area contributed by atoms with Crippen LogP contribution in [0.3, 0.4) is 0 Å². The standard InChI is InChI=1S/C68H62B4N2OS2/c1-39-29-43(5)61(44(6)30-39)70(62-45(7)31-40(2)32-46(62)8)59-37-73-67(76-59)65(69-55-25-17-13-21-51(55)52-22-14-18-26-56(52)69)66(75-72-57-27-19-15-23-53(57)54-24-16-20-28-58(54)72)68-74-38-60(77-68)71(63-47(9)33-41(3)34-48(63)10)64-49(11)35-42(4)36-50(64)12/h13-38H,1-12H3/b66-65+. The van der Waals surface area contributed by atoms with Crippen molar-refractivity contribution in [3.63, 3.8) is 0 Å². The van der Waals surface area contributed by atoms with Gasteiger partial charge >= 0.3 is 6.92 Å². The Kier molecular flexibility index (Phi) is 13.1. The van der Waals surface area contributed by atoms with E-state index in [-0.39, 0.29) is 20.1 Å². The molecule has 0 N–H and O–H groups in total. The third-order valence-corrected chi connectivity index (χ3v) is 18.7. The van der Waals surface area contributed by atoms with E-state index in [1.165, 1.54) is 131 Å². The Balaban J connectivity index is 1.17. The molecule has 9 heteroatoms. The van der Waals surface area contributed by atoms with Crippen LogP contribution in [0.15, 0.2) is 158 Å². The van der Waals surface area contributed by atoms with Crippen LogP contribution in [0.25, 0.3) is 33.5 Å². The van der Waals surface area contributed by atoms with E-state index in [2.05, 4.69) is 241 Å². The van der Waals surface area contributed by atoms with Gasteiger partial charge in [-0.3, -0.25) is 0 Å². The Morgan fingerprint density at radius 2 is 0.662 bits per heavy atom. The average molecular weight is 1030 g/mol. The van der Waals surface area contributed by atoms with E-state index in [1.807, 2.05) is 11.3 Å². The van der Waals surface area contributed by atoms with E-state index in [1.54, 1.807) is 11.3 Å². The molecule has 12 rings (SSSR count). The van der Waals surface area contributed by atoms with Crippen molar-refractivity contribution in [3.8, 4) is 22.3 Å². The summed E-state index contributed by atoms with van der Waals surface area (Å²) in [6, 6.07) is 54.3. The van der Waals surface area contributed by atoms with Crippen LogP contribution in [0.2, 0.25) is 0 Å². The van der Waals surface area contributed by atoms with E-state index in [4.69, 9.17) is 14.6 Å². The molecule has 0 bridgehead atoms. The number of aryl methyl sites for hydroxylation is 12. The van der Waals surface area contributed by atoms with Crippen LogP contribution in [-0.2, 0) is 4.65 Å². The van der Waals surface area contributed by atoms with Crippen LogP contribution in [0.4, 0.5) is 0 Å². The molecule has 10 aromatic rings. The summed E-state index contributed by atoms with van der Waals surface area (Å²) in [5.74, 6) is 0.769. The van der Waals surface area contributed by atoms with Gasteiger partial charge in [-0.2, -0.15) is 0 Å². The lowest BCUT2D eigenvalue weighted by Crippen LogP contribution is -2.55. The summed E-state index contributed by atoms with van der Waals surface area (Å²) < 4.78 is 10.5. The second-order valence-corrected chi connectivity index (χ2v) is 24.4. The lowest BCUT2D eigenvalue weighted by Gasteiger charge is -2.24. The molecule has 3 nitrogen and oxygen atoms in total. The predicted octanol–water partition coefficient (Wildman–Crippen LogP) is 9.83. The van der Waals surface area contributed by atoms with Crippen molar-refractivity contribution in [1.82, 2.24) is 9.97 Å². The number of rotatable bonds is 11. The van der Waals surface area contributed by atoms with Crippen LogP contribution < -0.4 is 53.3 Å². The fourth-order valence-corrected chi connectivity index (χ4v) is 16.1. The molecular weight excluding hydrogens is 968 g/mol. The third kappa shape index (κ3) is 8.80. The highest BCUT2D eigenvalue weighted by Gasteiger charge is 2.44. The van der Waals surface area contributed by atoms with Crippen LogP contribution in [0, 0.1) is 83.1 Å². The summed E-state index contributed by atoms with van der Waals surface area (Å²) in [6.07, 6.45) is 4.34. The van der Waals surface area contributed by atoms with E-state index >= 15 is 0 Å². The molecule has 0 fully saturated rings. The van der Waals surface area contributed by atoms with Crippen molar-refractivity contribution in [2.45, 2.75) is 83.1 Å². The predicted molar refractivity (Wildman–Crippen MR) is 338 cm³/mol. The molecular formula is C68H62B4N2OS2. The van der Waals surface area contributed by atoms with Crippen molar-refractivity contribution in [1.29, 1.82) is 0 Å². The van der Waals surface area contributed by atoms with Gasteiger partial charge in [0.25, 0.3) is 20.1 Å². The number of benzene rings is 8. The molecule has 0 amide bonds. The van der Waals surface area contributed by atoms with Gasteiger partial charge in [0.1, 0.15) is 10.8 Å². The molecule has 0 atom stereocenters. The summed E-state index contributed by atoms with van der Waals surface area (Å²) in [4.78, 5) is 11.3. The number of nitrogens with zero attached hydrogens (tertiary/aromatic N) is 2. The Morgan fingerprint density at radius 1 is 0.377 bits per heavy atom. The molecule has 2 aliphatic heterocycles. The summed E-state index contributed by atoms with van der Waals surface area (Å²) in [5, 5.41) is 1.78. The van der Waals surface area contributed by atoms with E-state index in [0.29, 0.717) is 0 Å². The van der Waals surface area contributed by atoms with Crippen LogP contribution in [0.5, 0.6) is 0 Å². The van der Waals surface area contributed by atoms with Crippen LogP contribution >= 0.6 is 22.7 Å². The lowest BCUT2D eigenvalue weighted by molar-refractivity contribution is 0.551. The van der Waals surface area contributed by atoms with Gasteiger partial charge in [-0.05, 0) is 116 Å². The van der Waals surface area contributed by atoms with Crippen molar-refractivity contribution >= 4 is 114 Å². The van der Waals surface area contributed by atoms with Crippen LogP contribution in [-0.4, -0.2) is 37.0 Å². The first-order valence-electron chi connectivity index (χ1n) is 27.2. The fraction of sp³-hybridized carbons (Fsp3) is 0.176. The molecule has 4 heterocycles. The van der Waals surface area contributed by atoms with Crippen LogP contribution in [0.1, 0.15) is 76.8 Å². The highest BCUT2D eigenvalue weighted by molar-refractivity contribution is 7.30. The molecule has 2 aliphatic rings. The quantitative estimate of drug-likeness (QED) is 0.0957. The van der Waals surface area contributed by atoms with Gasteiger partial charge in [0.05, 0.1) is 0 Å². The first-order chi connectivity index (χ1) is 37.1. The van der Waals surface area contributed by atoms with Gasteiger partial charge in [0.15, 0.2) is 5.01 Å². The molecule has 0 spiro atoms. The van der Waals surface area contributed by atoms with E-state index in [0.717, 1.165) is 32.2 Å². The Hall–Kier alpha value is -7.18. The third-order valence-electron chi connectivity index (χ3n) is 16.5. The second kappa shape index (κ2) is 20.0. The highest BCUT2D eigenvalue weighted by Crippen LogP contribution is 2.38. The Bertz CT molecular complexity index is 3750. The minimum atomic E-state index is -0.395. The van der Waals surface area contributed by atoms with Gasteiger partial charge in [0.2, 0.25) is 0 Å². The largest absolute Gasteiger partial charge is 0.550 e. The maximum absolute atomic E-state index is 8.08. The Morgan fingerprint density at radius 3 is 1.01 bits per heavy atom. The molecule has 0 radical (unpaired) electrons. The zero-order chi connectivity index (χ0) is 53.6. The van der Waals surface area contributed by atoms with Gasteiger partial charge in [-0.15, -0.1) is 22.7 Å². The molecule has 2 aromatic heterocycles. The van der Waals surface area contributed by atoms with Crippen molar-refractivity contribution < 1.29 is 4.65 Å². The molecule has 0 unspecified atom stereocenters. The minimum Gasteiger partial charge on any atom is -0.550 e. The van der Waals surface area contributed by atoms with Gasteiger partial charge in [-0.1, -0.05) is 245 Å². The van der Waals surface area contributed by atoms with E-state index < -0.39 is 6.92 Å². The molecule has 77 heavy (non-hydrogen) atoms. The Labute approximate surface area is 466 Å². The number of fused-ring (bicyclic) bond motifs is 6. The topological polar surface area (TPSA) is 35.0 Å². The first-order valence-corrected chi connectivity index (χ1v) is 28.8. The summed E-state index contributed by atoms with van der Waals surface area (Å²) in [7, 11) is 0. The van der Waals surface area contributed by atoms with Gasteiger partial charge in [-0.25, -0.2) is 9.97 Å². The molecule has 0 aliphatic carbocycles. The zero-order valence-electron chi connectivity index (χ0n) is 46.4. The van der Waals surface area contributed by atoms with Crippen molar-refractivity contribution in [3.05, 3.63) is 235 Å². The van der Waals surface area contributed by atoms with Crippen molar-refractivity contribution in [2.24, 2.45) is 0 Å². The molecule has 8 aromatic carbocycles. The zero-order valence-corrected chi connectivity index (χ0v) is 48.1. The summed E-state index contributed by atoms with van der Waals surface area (Å²) >= 11 is 3.59. The normalized spacial score (nSPS) is 12.6. The highest BCUT2D eigenvalue weighted by atomic mass is 32.1. The van der Waals surface area contributed by atoms with E-state index in [9.17, 15) is 0 Å². The number of hydrogen-bond donors (Lipinski definition) is 0. The number of thiazole rings is 2. The molecule has 0 saturated carbocycles. The van der Waals surface area contributed by atoms with Crippen molar-refractivity contribution in [2.75, 3.05) is 0 Å². The first kappa shape index (κ1) is 50.6. The van der Waals surface area contributed by atoms with Gasteiger partial charge < -0.3 is 4.65 Å². The minimum absolute atomic E-state index is 0.0426. The monoisotopic (exact) mass is 1030 g/mol. The lowest BCUT2D eigenvalue weighted by atomic mass is 9.37. The second-order valence-electron chi connectivity index (χ2n) is 22.3. The number of hydrogen-bond acceptors (Lipinski definition) is 5.